The van der Waals surface area contributed by atoms with Gasteiger partial charge in [0.25, 0.3) is 5.56 Å². The van der Waals surface area contributed by atoms with Crippen LogP contribution in [0.15, 0.2) is 47.3 Å². The molecule has 0 saturated carbocycles. The standard InChI is InChI=1S/C22H24N2O2/c1-14-5-4-6-17(11-14)13-23-20(25)10-9-19-12-18-8-7-15(2)16(3)21(18)24-22(19)26/h4-8,11-12H,9-10,13H2,1-3H3,(H,23,25)(H,24,26). The molecule has 0 aliphatic rings. The molecule has 26 heavy (non-hydrogen) atoms. The molecule has 0 bridgehead atoms. The number of aryl methyl sites for hydroxylation is 4. The van der Waals surface area contributed by atoms with E-state index in [4.69, 9.17) is 0 Å². The lowest BCUT2D eigenvalue weighted by atomic mass is 10.0. The van der Waals surface area contributed by atoms with Gasteiger partial charge in [0, 0.05) is 18.5 Å². The van der Waals surface area contributed by atoms with Crippen molar-refractivity contribution in [2.45, 2.75) is 40.2 Å². The molecule has 1 heterocycles. The van der Waals surface area contributed by atoms with Gasteiger partial charge >= 0.3 is 0 Å². The van der Waals surface area contributed by atoms with Crippen LogP contribution >= 0.6 is 0 Å². The number of hydrogen-bond acceptors (Lipinski definition) is 2. The van der Waals surface area contributed by atoms with Crippen molar-refractivity contribution in [3.05, 3.63) is 80.6 Å². The highest BCUT2D eigenvalue weighted by Crippen LogP contribution is 2.19. The lowest BCUT2D eigenvalue weighted by Crippen LogP contribution is -2.24. The fourth-order valence-corrected chi connectivity index (χ4v) is 3.12. The maximum absolute atomic E-state index is 12.3. The first-order chi connectivity index (χ1) is 12.4. The molecule has 0 aliphatic carbocycles. The summed E-state index contributed by atoms with van der Waals surface area (Å²) in [5.74, 6) is -0.0499. The van der Waals surface area contributed by atoms with Crippen LogP contribution < -0.4 is 10.9 Å². The third-order valence-electron chi connectivity index (χ3n) is 4.82. The molecule has 4 heteroatoms. The first kappa shape index (κ1) is 17.9. The fourth-order valence-electron chi connectivity index (χ4n) is 3.12. The van der Waals surface area contributed by atoms with Crippen LogP contribution in [0.3, 0.4) is 0 Å². The summed E-state index contributed by atoms with van der Waals surface area (Å²) in [6.45, 7) is 6.57. The number of fused-ring (bicyclic) bond motifs is 1. The smallest absolute Gasteiger partial charge is 0.251 e. The Labute approximate surface area is 153 Å². The predicted molar refractivity (Wildman–Crippen MR) is 105 cm³/mol. The van der Waals surface area contributed by atoms with E-state index in [2.05, 4.69) is 16.4 Å². The van der Waals surface area contributed by atoms with Crippen LogP contribution in [-0.4, -0.2) is 10.9 Å². The number of carbonyl (C=O) groups excluding carboxylic acids is 1. The Kier molecular flexibility index (Phi) is 5.21. The molecule has 4 nitrogen and oxygen atoms in total. The molecular formula is C22H24N2O2. The van der Waals surface area contributed by atoms with Crippen molar-refractivity contribution < 1.29 is 4.79 Å². The Morgan fingerprint density at radius 1 is 1.08 bits per heavy atom. The summed E-state index contributed by atoms with van der Waals surface area (Å²) in [4.78, 5) is 27.4. The largest absolute Gasteiger partial charge is 0.352 e. The number of H-pyrrole nitrogens is 1. The van der Waals surface area contributed by atoms with E-state index in [1.54, 1.807) is 0 Å². The van der Waals surface area contributed by atoms with E-state index in [1.807, 2.05) is 57.2 Å². The molecule has 0 aliphatic heterocycles. The molecule has 3 aromatic rings. The maximum Gasteiger partial charge on any atom is 0.251 e. The van der Waals surface area contributed by atoms with Crippen molar-refractivity contribution in [1.82, 2.24) is 10.3 Å². The Morgan fingerprint density at radius 2 is 1.88 bits per heavy atom. The minimum absolute atomic E-state index is 0.0499. The molecule has 0 unspecified atom stereocenters. The number of aromatic amines is 1. The first-order valence-corrected chi connectivity index (χ1v) is 8.88. The molecule has 0 spiro atoms. The van der Waals surface area contributed by atoms with Crippen LogP contribution in [0.4, 0.5) is 0 Å². The summed E-state index contributed by atoms with van der Waals surface area (Å²) >= 11 is 0. The van der Waals surface area contributed by atoms with Gasteiger partial charge in [0.05, 0.1) is 5.52 Å². The number of carbonyl (C=O) groups is 1. The molecule has 2 N–H and O–H groups in total. The molecular weight excluding hydrogens is 324 g/mol. The molecule has 0 fully saturated rings. The number of rotatable bonds is 5. The second kappa shape index (κ2) is 7.56. The van der Waals surface area contributed by atoms with Crippen molar-refractivity contribution in [1.29, 1.82) is 0 Å². The van der Waals surface area contributed by atoms with Gasteiger partial charge in [0.1, 0.15) is 0 Å². The van der Waals surface area contributed by atoms with Crippen molar-refractivity contribution in [2.75, 3.05) is 0 Å². The van der Waals surface area contributed by atoms with Gasteiger partial charge in [0.2, 0.25) is 5.91 Å². The second-order valence-corrected chi connectivity index (χ2v) is 6.86. The lowest BCUT2D eigenvalue weighted by molar-refractivity contribution is -0.121. The zero-order valence-electron chi connectivity index (χ0n) is 15.5. The lowest BCUT2D eigenvalue weighted by Gasteiger charge is -2.08. The van der Waals surface area contributed by atoms with E-state index in [-0.39, 0.29) is 11.5 Å². The van der Waals surface area contributed by atoms with Gasteiger partial charge in [-0.05, 0) is 55.3 Å². The molecule has 3 rings (SSSR count). The maximum atomic E-state index is 12.3. The molecule has 1 amide bonds. The molecule has 0 saturated heterocycles. The second-order valence-electron chi connectivity index (χ2n) is 6.86. The third kappa shape index (κ3) is 4.02. The zero-order valence-corrected chi connectivity index (χ0v) is 15.5. The zero-order chi connectivity index (χ0) is 18.7. The molecule has 134 valence electrons. The van der Waals surface area contributed by atoms with E-state index in [1.165, 1.54) is 5.56 Å². The Balaban J connectivity index is 1.65. The van der Waals surface area contributed by atoms with Gasteiger partial charge in [-0.1, -0.05) is 42.0 Å². The van der Waals surface area contributed by atoms with Crippen LogP contribution in [0.1, 0.15) is 34.2 Å². The molecule has 2 aromatic carbocycles. The number of amides is 1. The Morgan fingerprint density at radius 3 is 2.65 bits per heavy atom. The number of nitrogens with one attached hydrogen (secondary N) is 2. The van der Waals surface area contributed by atoms with E-state index >= 15 is 0 Å². The average Bonchev–Trinajstić information content (AvgIpc) is 2.62. The fraction of sp³-hybridized carbons (Fsp3) is 0.273. The quantitative estimate of drug-likeness (QED) is 0.738. The predicted octanol–water partition coefficient (Wildman–Crippen LogP) is 3.70. The summed E-state index contributed by atoms with van der Waals surface area (Å²) in [5, 5.41) is 3.92. The van der Waals surface area contributed by atoms with Crippen LogP contribution in [0.2, 0.25) is 0 Å². The van der Waals surface area contributed by atoms with Crippen LogP contribution in [-0.2, 0) is 17.8 Å². The summed E-state index contributed by atoms with van der Waals surface area (Å²) in [6.07, 6.45) is 0.725. The highest BCUT2D eigenvalue weighted by Gasteiger charge is 2.09. The minimum atomic E-state index is -0.113. The minimum Gasteiger partial charge on any atom is -0.352 e. The van der Waals surface area contributed by atoms with Crippen molar-refractivity contribution in [2.24, 2.45) is 0 Å². The Hall–Kier alpha value is -2.88. The van der Waals surface area contributed by atoms with E-state index in [0.717, 1.165) is 27.6 Å². The highest BCUT2D eigenvalue weighted by atomic mass is 16.1. The van der Waals surface area contributed by atoms with Crippen LogP contribution in [0, 0.1) is 20.8 Å². The number of pyridine rings is 1. The van der Waals surface area contributed by atoms with Gasteiger partial charge < -0.3 is 10.3 Å². The van der Waals surface area contributed by atoms with Gasteiger partial charge in [-0.25, -0.2) is 0 Å². The number of aromatic nitrogens is 1. The third-order valence-corrected chi connectivity index (χ3v) is 4.82. The topological polar surface area (TPSA) is 62.0 Å². The van der Waals surface area contributed by atoms with Gasteiger partial charge in [-0.3, -0.25) is 9.59 Å². The van der Waals surface area contributed by atoms with E-state index in [9.17, 15) is 9.59 Å². The monoisotopic (exact) mass is 348 g/mol. The molecule has 0 atom stereocenters. The summed E-state index contributed by atoms with van der Waals surface area (Å²) < 4.78 is 0. The van der Waals surface area contributed by atoms with Crippen molar-refractivity contribution in [3.8, 4) is 0 Å². The average molecular weight is 348 g/mol. The normalized spacial score (nSPS) is 10.9. The number of benzene rings is 2. The highest BCUT2D eigenvalue weighted by molar-refractivity contribution is 5.83. The van der Waals surface area contributed by atoms with E-state index in [0.29, 0.717) is 24.9 Å². The van der Waals surface area contributed by atoms with Crippen LogP contribution in [0.5, 0.6) is 0 Å². The summed E-state index contributed by atoms with van der Waals surface area (Å²) in [5.41, 5.74) is 5.89. The van der Waals surface area contributed by atoms with Gasteiger partial charge in [0.15, 0.2) is 0 Å². The number of hydrogen-bond donors (Lipinski definition) is 2. The molecule has 0 radical (unpaired) electrons. The molecule has 1 aromatic heterocycles. The SMILES string of the molecule is Cc1cccc(CNC(=O)CCc2cc3ccc(C)c(C)c3[nH]c2=O)c1. The van der Waals surface area contributed by atoms with Crippen molar-refractivity contribution >= 4 is 16.8 Å². The Bertz CT molecular complexity index is 1020. The van der Waals surface area contributed by atoms with E-state index < -0.39 is 0 Å². The van der Waals surface area contributed by atoms with Crippen molar-refractivity contribution in [3.63, 3.8) is 0 Å². The van der Waals surface area contributed by atoms with Crippen LogP contribution in [0.25, 0.3) is 10.9 Å². The summed E-state index contributed by atoms with van der Waals surface area (Å²) in [6, 6.07) is 14.0. The van der Waals surface area contributed by atoms with Gasteiger partial charge in [-0.2, -0.15) is 0 Å². The summed E-state index contributed by atoms with van der Waals surface area (Å²) in [7, 11) is 0. The van der Waals surface area contributed by atoms with Gasteiger partial charge in [-0.15, -0.1) is 0 Å². The first-order valence-electron chi connectivity index (χ1n) is 8.88.